The van der Waals surface area contributed by atoms with E-state index in [1.54, 1.807) is 13.8 Å². The summed E-state index contributed by atoms with van der Waals surface area (Å²) in [6.07, 6.45) is 5.92. The lowest BCUT2D eigenvalue weighted by molar-refractivity contribution is -0.147. The number of esters is 1. The second kappa shape index (κ2) is 26.1. The zero-order valence-electron chi connectivity index (χ0n) is 36.6. The van der Waals surface area contributed by atoms with Gasteiger partial charge >= 0.3 is 11.9 Å². The van der Waals surface area contributed by atoms with Gasteiger partial charge in [0.15, 0.2) is 0 Å². The molecule has 0 aliphatic rings. The summed E-state index contributed by atoms with van der Waals surface area (Å²) in [4.78, 5) is 47.0. The molecule has 0 bridgehead atoms. The Labute approximate surface area is 349 Å². The van der Waals surface area contributed by atoms with Gasteiger partial charge in [0.2, 0.25) is 11.1 Å². The van der Waals surface area contributed by atoms with Crippen molar-refractivity contribution in [3.05, 3.63) is 108 Å². The minimum absolute atomic E-state index is 0.0123. The van der Waals surface area contributed by atoms with Gasteiger partial charge in [-0.2, -0.15) is 0 Å². The number of nitrogens with one attached hydrogen (secondary N) is 1. The maximum absolute atomic E-state index is 12.5. The number of carbonyl (C=O) groups is 4. The molecule has 6 atom stereocenters. The average molecular weight is 807 g/mol. The van der Waals surface area contributed by atoms with Crippen molar-refractivity contribution in [1.29, 1.82) is 0 Å². The summed E-state index contributed by atoms with van der Waals surface area (Å²) >= 11 is 5.85. The third-order valence-corrected chi connectivity index (χ3v) is 9.93. The van der Waals surface area contributed by atoms with Crippen LogP contribution in [0, 0.1) is 40.4 Å². The van der Waals surface area contributed by atoms with E-state index < -0.39 is 18.0 Å². The predicted molar refractivity (Wildman–Crippen MR) is 235 cm³/mol. The SMILES string of the molecule is CC(CCC(C(=O)Cl)C(C)CC(C)(C)C)CC(C)(C)C.CCOC(=O)[C@H](Cc1ccccc1)NC(=O)[C@@H](C)Cc1ccccc1.C[C@@H](Cc1ccccc1)C(=O)O. The van der Waals surface area contributed by atoms with E-state index >= 15 is 0 Å². The van der Waals surface area contributed by atoms with Crippen molar-refractivity contribution in [3.63, 3.8) is 0 Å². The largest absolute Gasteiger partial charge is 0.481 e. The fourth-order valence-corrected chi connectivity index (χ4v) is 7.38. The van der Waals surface area contributed by atoms with Gasteiger partial charge in [-0.15, -0.1) is 0 Å². The second-order valence-corrected chi connectivity index (χ2v) is 18.5. The van der Waals surface area contributed by atoms with E-state index in [0.29, 0.717) is 43.1 Å². The minimum Gasteiger partial charge on any atom is -0.481 e. The Kier molecular flexibility index (Phi) is 23.4. The molecule has 0 aliphatic carbocycles. The highest BCUT2D eigenvalue weighted by atomic mass is 35.5. The van der Waals surface area contributed by atoms with E-state index in [0.717, 1.165) is 36.0 Å². The van der Waals surface area contributed by atoms with Crippen LogP contribution in [-0.4, -0.2) is 40.8 Å². The minimum atomic E-state index is -0.737. The highest BCUT2D eigenvalue weighted by Crippen LogP contribution is 2.34. The van der Waals surface area contributed by atoms with Crippen LogP contribution in [0.2, 0.25) is 0 Å². The molecule has 3 aromatic rings. The van der Waals surface area contributed by atoms with Gasteiger partial charge < -0.3 is 15.2 Å². The van der Waals surface area contributed by atoms with Crippen LogP contribution in [0.1, 0.15) is 119 Å². The lowest BCUT2D eigenvalue weighted by Gasteiger charge is -2.29. The molecule has 0 aliphatic heterocycles. The normalized spacial score (nSPS) is 14.5. The summed E-state index contributed by atoms with van der Waals surface area (Å²) in [5, 5.41) is 11.4. The second-order valence-electron chi connectivity index (χ2n) is 18.1. The number of benzene rings is 3. The van der Waals surface area contributed by atoms with Gasteiger partial charge in [-0.1, -0.05) is 160 Å². The van der Waals surface area contributed by atoms with Crippen LogP contribution in [0.4, 0.5) is 0 Å². The number of carbonyl (C=O) groups excluding carboxylic acids is 3. The van der Waals surface area contributed by atoms with Crippen LogP contribution in [0.25, 0.3) is 0 Å². The molecule has 2 N–H and O–H groups in total. The van der Waals surface area contributed by atoms with Crippen LogP contribution in [0.15, 0.2) is 91.0 Å². The Morgan fingerprint density at radius 2 is 1.07 bits per heavy atom. The summed E-state index contributed by atoms with van der Waals surface area (Å²) in [7, 11) is 0. The summed E-state index contributed by atoms with van der Waals surface area (Å²) in [6, 6.07) is 28.5. The number of hydrogen-bond donors (Lipinski definition) is 2. The summed E-state index contributed by atoms with van der Waals surface area (Å²) in [5.41, 5.74) is 3.77. The van der Waals surface area contributed by atoms with E-state index in [1.807, 2.05) is 97.9 Å². The molecule has 7 nitrogen and oxygen atoms in total. The molecule has 0 fully saturated rings. The molecule has 0 aromatic heterocycles. The quantitative estimate of drug-likeness (QED) is 0.0978. The Hall–Kier alpha value is -3.97. The molecule has 3 unspecified atom stereocenters. The van der Waals surface area contributed by atoms with Gasteiger partial charge in [0, 0.05) is 18.3 Å². The number of amides is 1. The first-order valence-corrected chi connectivity index (χ1v) is 21.0. The molecule has 3 aromatic carbocycles. The number of aliphatic carboxylic acids is 1. The van der Waals surface area contributed by atoms with Crippen molar-refractivity contribution in [1.82, 2.24) is 5.32 Å². The maximum atomic E-state index is 12.5. The number of carboxylic acids is 1. The van der Waals surface area contributed by atoms with Crippen LogP contribution < -0.4 is 5.32 Å². The van der Waals surface area contributed by atoms with Crippen molar-refractivity contribution >= 4 is 34.7 Å². The third kappa shape index (κ3) is 23.8. The number of halogens is 1. The van der Waals surface area contributed by atoms with Crippen LogP contribution in [-0.2, 0) is 43.2 Å². The molecule has 57 heavy (non-hydrogen) atoms. The zero-order chi connectivity index (χ0) is 43.2. The number of hydrogen-bond acceptors (Lipinski definition) is 5. The molecule has 0 saturated heterocycles. The van der Waals surface area contributed by atoms with E-state index in [-0.39, 0.29) is 34.3 Å². The summed E-state index contributed by atoms with van der Waals surface area (Å²) < 4.78 is 5.12. The average Bonchev–Trinajstić information content (AvgIpc) is 3.11. The Morgan fingerprint density at radius 3 is 1.46 bits per heavy atom. The van der Waals surface area contributed by atoms with Crippen LogP contribution in [0.3, 0.4) is 0 Å². The van der Waals surface area contributed by atoms with Crippen molar-refractivity contribution in [3.8, 4) is 0 Å². The van der Waals surface area contributed by atoms with E-state index in [2.05, 4.69) is 60.7 Å². The number of ether oxygens (including phenoxy) is 1. The molecule has 0 radical (unpaired) electrons. The Bertz CT molecular complexity index is 1580. The zero-order valence-corrected chi connectivity index (χ0v) is 37.4. The molecule has 3 rings (SSSR count). The van der Waals surface area contributed by atoms with Gasteiger partial charge in [-0.05, 0) is 96.4 Å². The van der Waals surface area contributed by atoms with Crippen molar-refractivity contribution in [2.45, 2.75) is 127 Å². The van der Waals surface area contributed by atoms with Crippen LogP contribution >= 0.6 is 11.6 Å². The Morgan fingerprint density at radius 1 is 0.649 bits per heavy atom. The molecular formula is C49H72ClNO6. The van der Waals surface area contributed by atoms with Crippen molar-refractivity contribution in [2.75, 3.05) is 6.61 Å². The predicted octanol–water partition coefficient (Wildman–Crippen LogP) is 11.4. The standard InChI is InChI=1S/C21H25NO3.C18H35ClO.C10H12O2/c1-3-25-21(24)19(15-18-12-8-5-9-13-18)22-20(23)16(2)14-17-10-6-4-7-11-17;1-13(11-17(3,4)5)9-10-15(16(19)20)14(2)12-18(6,7)8;1-8(10(11)12)7-9-5-3-2-4-6-9/h4-13,16,19H,3,14-15H2,1-2H3,(H,22,23);13-15H,9-12H2,1-8H3;2-6,8H,7H2,1H3,(H,11,12)/t16-,19-;;8-/m0.0/s1. The number of carboxylic acid groups (broad SMARTS) is 1. The summed E-state index contributed by atoms with van der Waals surface area (Å²) in [6.45, 7) is 23.6. The molecule has 316 valence electrons. The first kappa shape index (κ1) is 51.0. The molecule has 0 saturated carbocycles. The van der Waals surface area contributed by atoms with Gasteiger partial charge in [0.05, 0.1) is 12.5 Å². The Balaban J connectivity index is 0.000000454. The topological polar surface area (TPSA) is 110 Å². The third-order valence-electron chi connectivity index (χ3n) is 9.65. The smallest absolute Gasteiger partial charge is 0.328 e. The van der Waals surface area contributed by atoms with E-state index in [9.17, 15) is 19.2 Å². The summed E-state index contributed by atoms with van der Waals surface area (Å²) in [5.74, 6) is -0.777. The first-order chi connectivity index (χ1) is 26.6. The molecule has 1 amide bonds. The van der Waals surface area contributed by atoms with Crippen molar-refractivity contribution < 1.29 is 29.0 Å². The van der Waals surface area contributed by atoms with E-state index in [4.69, 9.17) is 21.4 Å². The monoisotopic (exact) mass is 806 g/mol. The van der Waals surface area contributed by atoms with E-state index in [1.165, 1.54) is 6.42 Å². The molecule has 0 spiro atoms. The van der Waals surface area contributed by atoms with Gasteiger partial charge in [0.25, 0.3) is 0 Å². The molecular weight excluding hydrogens is 734 g/mol. The fourth-order valence-electron chi connectivity index (χ4n) is 7.06. The lowest BCUT2D eigenvalue weighted by atomic mass is 9.76. The first-order valence-electron chi connectivity index (χ1n) is 20.6. The maximum Gasteiger partial charge on any atom is 0.328 e. The molecule has 0 heterocycles. The highest BCUT2D eigenvalue weighted by molar-refractivity contribution is 6.64. The van der Waals surface area contributed by atoms with Gasteiger partial charge in [-0.25, -0.2) is 4.79 Å². The number of rotatable bonds is 18. The van der Waals surface area contributed by atoms with Crippen LogP contribution in [0.5, 0.6) is 0 Å². The lowest BCUT2D eigenvalue weighted by Crippen LogP contribution is -2.45. The van der Waals surface area contributed by atoms with Crippen molar-refractivity contribution in [2.24, 2.45) is 40.4 Å². The van der Waals surface area contributed by atoms with Gasteiger partial charge in [-0.3, -0.25) is 14.4 Å². The van der Waals surface area contributed by atoms with Gasteiger partial charge in [0.1, 0.15) is 6.04 Å². The highest BCUT2D eigenvalue weighted by Gasteiger charge is 2.28. The molecule has 8 heteroatoms. The fraction of sp³-hybridized carbons (Fsp3) is 0.551.